The zero-order valence-electron chi connectivity index (χ0n) is 11.9. The molecule has 0 aliphatic carbocycles. The van der Waals surface area contributed by atoms with Crippen LogP contribution >= 0.6 is 0 Å². The Kier molecular flexibility index (Phi) is 4.05. The number of fused-ring (bicyclic) bond motifs is 1. The molecule has 8 heteroatoms. The van der Waals surface area contributed by atoms with Gasteiger partial charge in [-0.3, -0.25) is 9.59 Å². The van der Waals surface area contributed by atoms with Gasteiger partial charge in [0.2, 0.25) is 0 Å². The Morgan fingerprint density at radius 2 is 2.20 bits per heavy atom. The number of nitrogens with one attached hydrogen (secondary N) is 1. The Labute approximate surface area is 117 Å². The normalized spacial score (nSPS) is 26.4. The summed E-state index contributed by atoms with van der Waals surface area (Å²) in [5.74, 6) is -1.60. The summed E-state index contributed by atoms with van der Waals surface area (Å²) in [5, 5.41) is 7.36. The van der Waals surface area contributed by atoms with Gasteiger partial charge in [0.25, 0.3) is 5.91 Å². The molecule has 2 aliphatic heterocycles. The Morgan fingerprint density at radius 1 is 1.50 bits per heavy atom. The molecule has 0 aromatic heterocycles. The first-order valence-electron chi connectivity index (χ1n) is 6.26. The summed E-state index contributed by atoms with van der Waals surface area (Å²) in [6.45, 7) is 1.97. The fourth-order valence-electron chi connectivity index (χ4n) is 2.27. The molecule has 8 nitrogen and oxygen atoms in total. The zero-order chi connectivity index (χ0) is 14.9. The molecule has 0 bridgehead atoms. The molecule has 0 unspecified atom stereocenters. The van der Waals surface area contributed by atoms with Crippen LogP contribution in [0.3, 0.4) is 0 Å². The molecule has 0 radical (unpaired) electrons. The van der Waals surface area contributed by atoms with E-state index in [4.69, 9.17) is 9.47 Å². The molecule has 0 aromatic carbocycles. The molecule has 0 fully saturated rings. The van der Waals surface area contributed by atoms with Crippen LogP contribution in [0.15, 0.2) is 16.9 Å². The molecule has 2 atom stereocenters. The molecule has 2 rings (SSSR count). The third-order valence-corrected chi connectivity index (χ3v) is 3.34. The topological polar surface area (TPSA) is 83.5 Å². The minimum atomic E-state index is -0.792. The maximum atomic E-state index is 12.2. The Hall–Kier alpha value is -1.93. The number of nitrogens with zero attached hydrogens (tertiary/aromatic N) is 3. The van der Waals surface area contributed by atoms with E-state index in [1.165, 1.54) is 7.11 Å². The molecule has 0 saturated heterocycles. The van der Waals surface area contributed by atoms with Crippen molar-refractivity contribution in [3.8, 4) is 0 Å². The van der Waals surface area contributed by atoms with E-state index >= 15 is 0 Å². The van der Waals surface area contributed by atoms with Gasteiger partial charge in [0, 0.05) is 27.4 Å². The lowest BCUT2D eigenvalue weighted by Crippen LogP contribution is -2.49. The second kappa shape index (κ2) is 5.59. The van der Waals surface area contributed by atoms with Crippen LogP contribution in [0.4, 0.5) is 0 Å². The summed E-state index contributed by atoms with van der Waals surface area (Å²) in [7, 11) is 5.02. The van der Waals surface area contributed by atoms with Crippen LogP contribution in [0.2, 0.25) is 0 Å². The highest BCUT2D eigenvalue weighted by molar-refractivity contribution is 6.29. The lowest BCUT2D eigenvalue weighted by atomic mass is 9.96. The molecule has 0 spiro atoms. The third-order valence-electron chi connectivity index (χ3n) is 3.34. The molecule has 0 saturated carbocycles. The van der Waals surface area contributed by atoms with E-state index < -0.39 is 18.1 Å². The lowest BCUT2D eigenvalue weighted by molar-refractivity contribution is -0.164. The molecule has 0 aromatic rings. The SMILES string of the molecule is CCOC(=O)[C@@H]1C2=NNC(=O)C2=CN(C)N(C)[C@H]1OC. The van der Waals surface area contributed by atoms with Crippen LogP contribution in [0, 0.1) is 5.92 Å². The van der Waals surface area contributed by atoms with Gasteiger partial charge >= 0.3 is 5.97 Å². The Bertz CT molecular complexity index is 488. The summed E-state index contributed by atoms with van der Waals surface area (Å²) in [5.41, 5.74) is 3.06. The van der Waals surface area contributed by atoms with Crippen LogP contribution in [0.5, 0.6) is 0 Å². The van der Waals surface area contributed by atoms with Crippen molar-refractivity contribution in [3.63, 3.8) is 0 Å². The standard InChI is InChI=1S/C12H18N4O4/c1-5-20-12(18)8-9-7(10(17)14-13-9)6-15(2)16(3)11(8)19-4/h6,8,11H,5H2,1-4H3,(H,14,17)/t8-,11+/m1/s1. The minimum absolute atomic E-state index is 0.249. The van der Waals surface area contributed by atoms with Crippen LogP contribution in [0.25, 0.3) is 0 Å². The van der Waals surface area contributed by atoms with Crippen molar-refractivity contribution in [2.45, 2.75) is 13.2 Å². The minimum Gasteiger partial charge on any atom is -0.465 e. The first-order valence-corrected chi connectivity index (χ1v) is 6.26. The summed E-state index contributed by atoms with van der Waals surface area (Å²) < 4.78 is 10.5. The second-order valence-electron chi connectivity index (χ2n) is 4.48. The third kappa shape index (κ3) is 2.27. The zero-order valence-corrected chi connectivity index (χ0v) is 11.9. The van der Waals surface area contributed by atoms with Crippen molar-refractivity contribution in [2.75, 3.05) is 27.8 Å². The molecule has 2 heterocycles. The van der Waals surface area contributed by atoms with Crippen molar-refractivity contribution in [2.24, 2.45) is 11.0 Å². The quantitative estimate of drug-likeness (QED) is 0.689. The number of esters is 1. The van der Waals surface area contributed by atoms with Crippen molar-refractivity contribution < 1.29 is 19.1 Å². The van der Waals surface area contributed by atoms with Gasteiger partial charge in [-0.05, 0) is 6.92 Å². The largest absolute Gasteiger partial charge is 0.465 e. The summed E-state index contributed by atoms with van der Waals surface area (Å²) in [6, 6.07) is 0. The average molecular weight is 282 g/mol. The number of amides is 1. The number of carbonyl (C=O) groups is 2. The maximum Gasteiger partial charge on any atom is 0.319 e. The van der Waals surface area contributed by atoms with Crippen LogP contribution in [-0.2, 0) is 19.1 Å². The fraction of sp³-hybridized carbons (Fsp3) is 0.583. The highest BCUT2D eigenvalue weighted by atomic mass is 16.5. The van der Waals surface area contributed by atoms with Crippen molar-refractivity contribution >= 4 is 17.6 Å². The van der Waals surface area contributed by atoms with Crippen LogP contribution in [0.1, 0.15) is 6.92 Å². The number of rotatable bonds is 3. The number of carbonyl (C=O) groups excluding carboxylic acids is 2. The smallest absolute Gasteiger partial charge is 0.319 e. The monoisotopic (exact) mass is 282 g/mol. The van der Waals surface area contributed by atoms with Crippen LogP contribution < -0.4 is 5.43 Å². The van der Waals surface area contributed by atoms with E-state index in [1.54, 1.807) is 37.2 Å². The maximum absolute atomic E-state index is 12.2. The van der Waals surface area contributed by atoms with Gasteiger partial charge in [-0.25, -0.2) is 5.43 Å². The van der Waals surface area contributed by atoms with Gasteiger partial charge in [0.15, 0.2) is 0 Å². The molecular formula is C12H18N4O4. The predicted octanol–water partition coefficient (Wildman–Crippen LogP) is -0.700. The second-order valence-corrected chi connectivity index (χ2v) is 4.48. The van der Waals surface area contributed by atoms with Gasteiger partial charge in [0.05, 0.1) is 17.9 Å². The molecule has 1 N–H and O–H groups in total. The predicted molar refractivity (Wildman–Crippen MR) is 70.1 cm³/mol. The van der Waals surface area contributed by atoms with Crippen LogP contribution in [-0.4, -0.2) is 61.6 Å². The van der Waals surface area contributed by atoms with E-state index in [0.29, 0.717) is 11.3 Å². The van der Waals surface area contributed by atoms with Crippen molar-refractivity contribution in [1.29, 1.82) is 0 Å². The van der Waals surface area contributed by atoms with Gasteiger partial charge in [0.1, 0.15) is 12.1 Å². The number of methoxy groups -OCH3 is 1. The lowest BCUT2D eigenvalue weighted by Gasteiger charge is -2.34. The van der Waals surface area contributed by atoms with E-state index in [1.807, 2.05) is 0 Å². The van der Waals surface area contributed by atoms with E-state index in [-0.39, 0.29) is 12.5 Å². The van der Waals surface area contributed by atoms with E-state index in [9.17, 15) is 9.59 Å². The van der Waals surface area contributed by atoms with E-state index in [2.05, 4.69) is 10.5 Å². The number of ether oxygens (including phenoxy) is 2. The molecular weight excluding hydrogens is 264 g/mol. The van der Waals surface area contributed by atoms with Gasteiger partial charge in [-0.1, -0.05) is 0 Å². The summed E-state index contributed by atoms with van der Waals surface area (Å²) >= 11 is 0. The molecule has 20 heavy (non-hydrogen) atoms. The van der Waals surface area contributed by atoms with Gasteiger partial charge < -0.3 is 14.5 Å². The van der Waals surface area contributed by atoms with Crippen molar-refractivity contribution in [1.82, 2.24) is 15.4 Å². The highest BCUT2D eigenvalue weighted by Crippen LogP contribution is 2.26. The molecule has 110 valence electrons. The number of hydrazine groups is 1. The highest BCUT2D eigenvalue weighted by Gasteiger charge is 2.45. The number of hydrogen-bond acceptors (Lipinski definition) is 7. The molecule has 1 amide bonds. The van der Waals surface area contributed by atoms with Gasteiger partial charge in [-0.15, -0.1) is 0 Å². The van der Waals surface area contributed by atoms with Gasteiger partial charge in [-0.2, -0.15) is 10.1 Å². The number of hydrazone groups is 1. The Morgan fingerprint density at radius 3 is 2.80 bits per heavy atom. The van der Waals surface area contributed by atoms with Crippen molar-refractivity contribution in [3.05, 3.63) is 11.8 Å². The fourth-order valence-corrected chi connectivity index (χ4v) is 2.27. The Balaban J connectivity index is 2.46. The molecule has 2 aliphatic rings. The number of hydrogen-bond donors (Lipinski definition) is 1. The van der Waals surface area contributed by atoms with E-state index in [0.717, 1.165) is 0 Å². The summed E-state index contributed by atoms with van der Waals surface area (Å²) in [6.07, 6.45) is 1.01. The first-order chi connectivity index (χ1) is 9.51. The average Bonchev–Trinajstić information content (AvgIpc) is 2.71. The first kappa shape index (κ1) is 14.5. The summed E-state index contributed by atoms with van der Waals surface area (Å²) in [4.78, 5) is 24.0.